The summed E-state index contributed by atoms with van der Waals surface area (Å²) in [7, 11) is -3.23. The first-order valence-corrected chi connectivity index (χ1v) is 12.5. The fraction of sp³-hybridized carbons (Fsp3) is 0.375. The lowest BCUT2D eigenvalue weighted by Crippen LogP contribution is -2.48. The lowest BCUT2D eigenvalue weighted by Gasteiger charge is -2.43. The molecule has 1 atom stereocenters. The molecule has 0 saturated carbocycles. The Kier molecular flexibility index (Phi) is 8.57. The number of nitriles is 1. The molecule has 0 aromatic heterocycles. The second kappa shape index (κ2) is 10.5. The molecular weight excluding hydrogens is 544 g/mol. The largest absolute Gasteiger partial charge is 0.416 e. The molecule has 1 unspecified atom stereocenters. The first kappa shape index (κ1) is 30.3. The quantitative estimate of drug-likeness (QED) is 0.208. The summed E-state index contributed by atoms with van der Waals surface area (Å²) in [4.78, 5) is -1.05. The third kappa shape index (κ3) is 7.11. The van der Waals surface area contributed by atoms with E-state index in [9.17, 15) is 40.0 Å². The Hall–Kier alpha value is -2.91. The van der Waals surface area contributed by atoms with Gasteiger partial charge in [0.25, 0.3) is 0 Å². The number of hydrazine groups is 1. The van der Waals surface area contributed by atoms with E-state index in [4.69, 9.17) is 11.6 Å². The van der Waals surface area contributed by atoms with Gasteiger partial charge in [-0.2, -0.15) is 31.6 Å². The minimum atomic E-state index is -5.08. The molecule has 0 saturated heterocycles. The smallest absolute Gasteiger partial charge is 0.289 e. The molecule has 202 valence electrons. The summed E-state index contributed by atoms with van der Waals surface area (Å²) in [5.74, 6) is 0. The van der Waals surface area contributed by atoms with Crippen molar-refractivity contribution in [2.75, 3.05) is 12.1 Å². The maximum atomic E-state index is 13.4. The SMILES string of the molecule is CC(N(C=C(C#N)S(=O)(=O)c1ccc(Cl)cc1)N(C)c1cc(C(F)(F)F)cc(C(F)(F)F)c1)C(C)(C)C. The van der Waals surface area contributed by atoms with Crippen molar-refractivity contribution < 1.29 is 34.8 Å². The van der Waals surface area contributed by atoms with Crippen molar-refractivity contribution in [1.82, 2.24) is 5.01 Å². The number of nitrogens with zero attached hydrogens (tertiary/aromatic N) is 3. The van der Waals surface area contributed by atoms with Crippen LogP contribution in [0.2, 0.25) is 5.02 Å². The second-order valence-electron chi connectivity index (χ2n) is 9.27. The summed E-state index contributed by atoms with van der Waals surface area (Å²) in [6.45, 7) is 6.80. The Labute approximate surface area is 216 Å². The zero-order chi connectivity index (χ0) is 28.6. The minimum Gasteiger partial charge on any atom is -0.289 e. The molecule has 5 nitrogen and oxygen atoms in total. The molecule has 0 heterocycles. The van der Waals surface area contributed by atoms with Gasteiger partial charge in [-0.3, -0.25) is 10.0 Å². The Balaban J connectivity index is 2.77. The van der Waals surface area contributed by atoms with E-state index in [2.05, 4.69) is 0 Å². The molecular formula is C24H24ClF6N3O2S. The van der Waals surface area contributed by atoms with Crippen LogP contribution in [0.3, 0.4) is 0 Å². The van der Waals surface area contributed by atoms with Gasteiger partial charge in [-0.05, 0) is 54.8 Å². The number of benzene rings is 2. The molecule has 2 aromatic rings. The topological polar surface area (TPSA) is 64.4 Å². The van der Waals surface area contributed by atoms with Gasteiger partial charge in [-0.15, -0.1) is 0 Å². The fourth-order valence-electron chi connectivity index (χ4n) is 3.13. The maximum absolute atomic E-state index is 13.4. The van der Waals surface area contributed by atoms with Crippen molar-refractivity contribution >= 4 is 27.1 Å². The van der Waals surface area contributed by atoms with Crippen LogP contribution in [0.4, 0.5) is 32.0 Å². The highest BCUT2D eigenvalue weighted by atomic mass is 35.5. The van der Waals surface area contributed by atoms with Crippen LogP contribution in [-0.2, 0) is 22.2 Å². The number of rotatable bonds is 6. The highest BCUT2D eigenvalue weighted by molar-refractivity contribution is 7.95. The molecule has 0 spiro atoms. The fourth-order valence-corrected chi connectivity index (χ4v) is 4.37. The molecule has 0 radical (unpaired) electrons. The highest BCUT2D eigenvalue weighted by Crippen LogP contribution is 2.39. The van der Waals surface area contributed by atoms with Crippen LogP contribution in [0.25, 0.3) is 0 Å². The summed E-state index contributed by atoms with van der Waals surface area (Å²) in [5.41, 5.74) is -4.25. The normalized spacial score (nSPS) is 14.2. The van der Waals surface area contributed by atoms with E-state index in [1.54, 1.807) is 33.8 Å². The molecule has 0 aliphatic rings. The summed E-state index contributed by atoms with van der Waals surface area (Å²) < 4.78 is 107. The van der Waals surface area contributed by atoms with E-state index in [0.717, 1.165) is 16.2 Å². The summed E-state index contributed by atoms with van der Waals surface area (Å²) in [6.07, 6.45) is -9.26. The zero-order valence-electron chi connectivity index (χ0n) is 20.4. The van der Waals surface area contributed by atoms with Crippen LogP contribution in [0, 0.1) is 16.7 Å². The molecule has 0 aliphatic carbocycles. The molecule has 0 aliphatic heterocycles. The highest BCUT2D eigenvalue weighted by Gasteiger charge is 2.38. The Morgan fingerprint density at radius 3 is 1.81 bits per heavy atom. The number of halogens is 7. The van der Waals surface area contributed by atoms with Crippen LogP contribution in [0.1, 0.15) is 38.8 Å². The predicted molar refractivity (Wildman–Crippen MR) is 128 cm³/mol. The standard InChI is InChI=1S/C24H24ClF6N3O2S/c1-15(22(2,3)4)34(14-21(13-32)37(35,36)20-8-6-18(25)7-9-20)33(5)19-11-16(23(26,27)28)10-17(12-19)24(29,30)31/h6-12,14-15H,1-5H3. The molecule has 37 heavy (non-hydrogen) atoms. The van der Waals surface area contributed by atoms with Gasteiger partial charge in [-0.1, -0.05) is 32.4 Å². The van der Waals surface area contributed by atoms with Gasteiger partial charge in [0.05, 0.1) is 34.0 Å². The van der Waals surface area contributed by atoms with Gasteiger partial charge in [0, 0.05) is 12.1 Å². The van der Waals surface area contributed by atoms with Crippen LogP contribution in [-0.4, -0.2) is 26.5 Å². The first-order chi connectivity index (χ1) is 16.7. The van der Waals surface area contributed by atoms with Crippen molar-refractivity contribution in [3.05, 3.63) is 69.7 Å². The van der Waals surface area contributed by atoms with E-state index in [-0.39, 0.29) is 16.0 Å². The van der Waals surface area contributed by atoms with E-state index in [0.29, 0.717) is 12.1 Å². The van der Waals surface area contributed by atoms with Crippen LogP contribution in [0.15, 0.2) is 58.5 Å². The van der Waals surface area contributed by atoms with Crippen molar-refractivity contribution in [2.24, 2.45) is 5.41 Å². The lowest BCUT2D eigenvalue weighted by molar-refractivity contribution is -0.143. The van der Waals surface area contributed by atoms with E-state index >= 15 is 0 Å². The van der Waals surface area contributed by atoms with E-state index in [1.807, 2.05) is 0 Å². The van der Waals surface area contributed by atoms with Crippen molar-refractivity contribution in [1.29, 1.82) is 5.26 Å². The molecule has 2 rings (SSSR count). The Morgan fingerprint density at radius 1 is 0.973 bits per heavy atom. The van der Waals surface area contributed by atoms with Crippen LogP contribution < -0.4 is 5.01 Å². The molecule has 0 fully saturated rings. The van der Waals surface area contributed by atoms with Gasteiger partial charge >= 0.3 is 12.4 Å². The maximum Gasteiger partial charge on any atom is 0.416 e. The number of allylic oxidation sites excluding steroid dienone is 1. The monoisotopic (exact) mass is 567 g/mol. The lowest BCUT2D eigenvalue weighted by atomic mass is 9.87. The van der Waals surface area contributed by atoms with Crippen LogP contribution in [0.5, 0.6) is 0 Å². The van der Waals surface area contributed by atoms with Gasteiger partial charge in [0.15, 0.2) is 4.91 Å². The number of anilines is 1. The second-order valence-corrected chi connectivity index (χ2v) is 11.6. The molecule has 2 aromatic carbocycles. The molecule has 0 bridgehead atoms. The first-order valence-electron chi connectivity index (χ1n) is 10.6. The van der Waals surface area contributed by atoms with Gasteiger partial charge in [0.2, 0.25) is 9.84 Å². The molecule has 0 N–H and O–H groups in total. The Bertz CT molecular complexity index is 1280. The molecule has 0 amide bonds. The summed E-state index contributed by atoms with van der Waals surface area (Å²) in [6, 6.07) is 6.85. The number of alkyl halides is 6. The minimum absolute atomic E-state index is 0.00356. The van der Waals surface area contributed by atoms with Crippen molar-refractivity contribution in [2.45, 2.75) is 51.0 Å². The van der Waals surface area contributed by atoms with Crippen molar-refractivity contribution in [3.63, 3.8) is 0 Å². The third-order valence-electron chi connectivity index (χ3n) is 5.72. The number of sulfone groups is 1. The average molecular weight is 568 g/mol. The zero-order valence-corrected chi connectivity index (χ0v) is 22.0. The third-order valence-corrected chi connectivity index (χ3v) is 7.64. The van der Waals surface area contributed by atoms with Crippen molar-refractivity contribution in [3.8, 4) is 6.07 Å². The van der Waals surface area contributed by atoms with Gasteiger partial charge in [0.1, 0.15) is 6.07 Å². The average Bonchev–Trinajstić information content (AvgIpc) is 2.77. The van der Waals surface area contributed by atoms with Crippen LogP contribution >= 0.6 is 11.6 Å². The van der Waals surface area contributed by atoms with E-state index < -0.39 is 55.4 Å². The summed E-state index contributed by atoms with van der Waals surface area (Å²) in [5, 5.41) is 12.0. The number of hydrogen-bond acceptors (Lipinski definition) is 5. The Morgan fingerprint density at radius 2 is 1.43 bits per heavy atom. The number of hydrogen-bond donors (Lipinski definition) is 0. The molecule has 13 heteroatoms. The predicted octanol–water partition coefficient (Wildman–Crippen LogP) is 7.30. The van der Waals surface area contributed by atoms with Gasteiger partial charge < -0.3 is 0 Å². The summed E-state index contributed by atoms with van der Waals surface area (Å²) >= 11 is 5.80. The van der Waals surface area contributed by atoms with E-state index in [1.165, 1.54) is 31.3 Å². The van der Waals surface area contributed by atoms with Gasteiger partial charge in [-0.25, -0.2) is 8.42 Å².